The van der Waals surface area contributed by atoms with Crippen LogP contribution in [0.1, 0.15) is 0 Å². The summed E-state index contributed by atoms with van der Waals surface area (Å²) in [6.07, 6.45) is 0. The highest BCUT2D eigenvalue weighted by Gasteiger charge is 2.15. The number of fused-ring (bicyclic) bond motifs is 9. The Labute approximate surface area is 203 Å². The molecule has 0 aromatic heterocycles. The molecule has 7 aromatic carbocycles. The molecule has 0 aliphatic rings. The highest BCUT2D eigenvalue weighted by molar-refractivity contribution is 6.33. The Morgan fingerprint density at radius 3 is 1.77 bits per heavy atom. The summed E-state index contributed by atoms with van der Waals surface area (Å²) in [6.45, 7) is 0. The van der Waals surface area contributed by atoms with Crippen LogP contribution in [-0.2, 0) is 0 Å². The summed E-state index contributed by atoms with van der Waals surface area (Å²) >= 11 is 0. The quantitative estimate of drug-likeness (QED) is 0.220. The van der Waals surface area contributed by atoms with Crippen molar-refractivity contribution < 1.29 is 9.68 Å². The molecular weight excluding hydrogens is 427 g/mol. The Bertz CT molecular complexity index is 1920. The Kier molecular flexibility index (Phi) is 4.51. The van der Waals surface area contributed by atoms with Crippen molar-refractivity contribution in [2.24, 2.45) is 0 Å². The monoisotopic (exact) mass is 447 g/mol. The summed E-state index contributed by atoms with van der Waals surface area (Å²) < 4.78 is 5.21. The van der Waals surface area contributed by atoms with E-state index in [1.807, 2.05) is 18.2 Å². The third-order valence-electron chi connectivity index (χ3n) is 7.06. The summed E-state index contributed by atoms with van der Waals surface area (Å²) in [5, 5.41) is 21.4. The minimum atomic E-state index is 0.609. The van der Waals surface area contributed by atoms with Gasteiger partial charge < -0.3 is 9.68 Å². The van der Waals surface area contributed by atoms with Crippen LogP contribution in [0.2, 0.25) is 0 Å². The van der Waals surface area contributed by atoms with Crippen molar-refractivity contribution in [1.29, 1.82) is 0 Å². The lowest BCUT2D eigenvalue weighted by molar-refractivity contribution is 0.454. The topological polar surface area (TPSA) is 29.5 Å². The molecule has 0 spiro atoms. The second kappa shape index (κ2) is 7.87. The average molecular weight is 447 g/mol. The van der Waals surface area contributed by atoms with Gasteiger partial charge in [0, 0.05) is 0 Å². The second-order valence-corrected chi connectivity index (χ2v) is 8.93. The maximum atomic E-state index is 9.06. The molecule has 35 heavy (non-hydrogen) atoms. The van der Waals surface area contributed by atoms with E-state index in [2.05, 4.69) is 97.1 Å². The largest absolute Gasteiger partial charge is 0.569 e. The zero-order chi connectivity index (χ0) is 23.4. The Hall–Kier alpha value is -4.34. The molecule has 2 nitrogen and oxygen atoms in total. The standard InChI is InChI=1S/C32H20BO2/c34-33-35-23-16-15-20-13-14-21(17-22(20)18-23)30-19-31-26-9-2-1-7-24(26)25-8-3-5-11-28(25)32(31)29-12-6-4-10-27(29)30/h1-19,34H. The molecule has 0 fully saturated rings. The molecule has 7 rings (SSSR count). The Morgan fingerprint density at radius 2 is 1.06 bits per heavy atom. The van der Waals surface area contributed by atoms with Crippen molar-refractivity contribution in [3.05, 3.63) is 115 Å². The smallest absolute Gasteiger partial charge is 0.537 e. The average Bonchev–Trinajstić information content (AvgIpc) is 2.92. The molecule has 0 aliphatic carbocycles. The van der Waals surface area contributed by atoms with Gasteiger partial charge in [-0.3, -0.25) is 0 Å². The van der Waals surface area contributed by atoms with Crippen molar-refractivity contribution >= 4 is 61.5 Å². The molecule has 3 heteroatoms. The molecular formula is C32H20BO2. The molecule has 7 aromatic rings. The van der Waals surface area contributed by atoms with Gasteiger partial charge in [0.15, 0.2) is 0 Å². The van der Waals surface area contributed by atoms with Gasteiger partial charge in [-0.15, -0.1) is 0 Å². The first-order chi connectivity index (χ1) is 17.3. The van der Waals surface area contributed by atoms with Crippen LogP contribution in [0.5, 0.6) is 5.75 Å². The number of hydrogen-bond acceptors (Lipinski definition) is 2. The molecule has 0 aliphatic heterocycles. The summed E-state index contributed by atoms with van der Waals surface area (Å²) in [5.74, 6) is 0.609. The van der Waals surface area contributed by atoms with Gasteiger partial charge in [-0.25, -0.2) is 0 Å². The van der Waals surface area contributed by atoms with E-state index in [1.54, 1.807) is 0 Å². The van der Waals surface area contributed by atoms with Gasteiger partial charge in [-0.2, -0.15) is 0 Å². The van der Waals surface area contributed by atoms with E-state index in [-0.39, 0.29) is 0 Å². The van der Waals surface area contributed by atoms with E-state index < -0.39 is 0 Å². The Balaban J connectivity index is 1.62. The van der Waals surface area contributed by atoms with E-state index in [0.29, 0.717) is 5.75 Å². The van der Waals surface area contributed by atoms with Gasteiger partial charge in [0.25, 0.3) is 0 Å². The minimum Gasteiger partial charge on any atom is -0.537 e. The van der Waals surface area contributed by atoms with Crippen LogP contribution in [0.15, 0.2) is 115 Å². The minimum absolute atomic E-state index is 0.609. The zero-order valence-corrected chi connectivity index (χ0v) is 18.9. The molecule has 0 amide bonds. The van der Waals surface area contributed by atoms with Gasteiger partial charge in [-0.05, 0) is 89.3 Å². The van der Waals surface area contributed by atoms with Gasteiger partial charge in [0.2, 0.25) is 0 Å². The van der Waals surface area contributed by atoms with E-state index >= 15 is 0 Å². The fraction of sp³-hybridized carbons (Fsp3) is 0. The fourth-order valence-corrected chi connectivity index (χ4v) is 5.53. The summed E-state index contributed by atoms with van der Waals surface area (Å²) in [6, 6.07) is 40.9. The van der Waals surface area contributed by atoms with Crippen molar-refractivity contribution in [3.63, 3.8) is 0 Å². The molecule has 163 valence electrons. The lowest BCUT2D eigenvalue weighted by atomic mass is 9.87. The fourth-order valence-electron chi connectivity index (χ4n) is 5.53. The second-order valence-electron chi connectivity index (χ2n) is 8.93. The molecule has 0 saturated carbocycles. The highest BCUT2D eigenvalue weighted by Crippen LogP contribution is 2.43. The van der Waals surface area contributed by atoms with Gasteiger partial charge in [-0.1, -0.05) is 91.0 Å². The van der Waals surface area contributed by atoms with Crippen molar-refractivity contribution in [2.45, 2.75) is 0 Å². The molecule has 0 heterocycles. The van der Waals surface area contributed by atoms with Crippen molar-refractivity contribution in [1.82, 2.24) is 0 Å². The third kappa shape index (κ3) is 3.09. The first kappa shape index (κ1) is 20.1. The van der Waals surface area contributed by atoms with E-state index in [9.17, 15) is 0 Å². The van der Waals surface area contributed by atoms with E-state index in [0.717, 1.165) is 24.0 Å². The van der Waals surface area contributed by atoms with E-state index in [4.69, 9.17) is 9.68 Å². The number of benzene rings is 7. The Morgan fingerprint density at radius 1 is 0.486 bits per heavy atom. The predicted octanol–water partition coefficient (Wildman–Crippen LogP) is 8.02. The van der Waals surface area contributed by atoms with Crippen LogP contribution in [-0.4, -0.2) is 12.7 Å². The third-order valence-corrected chi connectivity index (χ3v) is 7.06. The van der Waals surface area contributed by atoms with Crippen LogP contribution in [0, 0.1) is 0 Å². The molecule has 0 unspecified atom stereocenters. The van der Waals surface area contributed by atoms with Crippen LogP contribution in [0.4, 0.5) is 0 Å². The van der Waals surface area contributed by atoms with Gasteiger partial charge >= 0.3 is 7.69 Å². The summed E-state index contributed by atoms with van der Waals surface area (Å²) in [7, 11) is 0.720. The molecule has 0 bridgehead atoms. The SMILES string of the molecule is O[B]Oc1ccc2ccc(-c3cc4c5ccccc5c5ccccc5c4c4ccccc34)cc2c1. The number of hydrogen-bond donors (Lipinski definition) is 1. The summed E-state index contributed by atoms with van der Waals surface area (Å²) in [4.78, 5) is 0. The lowest BCUT2D eigenvalue weighted by Crippen LogP contribution is -1.99. The molecule has 1 N–H and O–H groups in total. The lowest BCUT2D eigenvalue weighted by Gasteiger charge is -2.16. The maximum absolute atomic E-state index is 9.06. The van der Waals surface area contributed by atoms with Crippen LogP contribution >= 0.6 is 0 Å². The molecule has 0 atom stereocenters. The first-order valence-electron chi connectivity index (χ1n) is 11.7. The predicted molar refractivity (Wildman–Crippen MR) is 148 cm³/mol. The first-order valence-corrected chi connectivity index (χ1v) is 11.7. The van der Waals surface area contributed by atoms with Gasteiger partial charge in [0.05, 0.1) is 0 Å². The highest BCUT2D eigenvalue weighted by atomic mass is 16.5. The zero-order valence-electron chi connectivity index (χ0n) is 18.9. The maximum Gasteiger partial charge on any atom is 0.569 e. The van der Waals surface area contributed by atoms with Crippen molar-refractivity contribution in [3.8, 4) is 16.9 Å². The van der Waals surface area contributed by atoms with Crippen LogP contribution < -0.4 is 4.65 Å². The number of rotatable bonds is 3. The molecule has 0 saturated heterocycles. The van der Waals surface area contributed by atoms with Crippen LogP contribution in [0.3, 0.4) is 0 Å². The normalized spacial score (nSPS) is 11.6. The summed E-state index contributed by atoms with van der Waals surface area (Å²) in [5.41, 5.74) is 2.36. The molecule has 1 radical (unpaired) electrons. The van der Waals surface area contributed by atoms with Gasteiger partial charge in [0.1, 0.15) is 5.75 Å². The van der Waals surface area contributed by atoms with E-state index in [1.165, 1.54) is 48.7 Å². The van der Waals surface area contributed by atoms with Crippen LogP contribution in [0.25, 0.3) is 65.0 Å². The van der Waals surface area contributed by atoms with Crippen molar-refractivity contribution in [2.75, 3.05) is 0 Å².